The molecule has 7 heteroatoms. The molecule has 39 heavy (non-hydrogen) atoms. The van der Waals surface area contributed by atoms with E-state index in [1.807, 2.05) is 23.5 Å². The van der Waals surface area contributed by atoms with Crippen LogP contribution in [0.1, 0.15) is 85.7 Å². The maximum atomic E-state index is 14.9. The molecule has 0 saturated heterocycles. The minimum absolute atomic E-state index is 0.00372. The molecule has 2 aromatic carbocycles. The fraction of sp³-hybridized carbons (Fsp3) is 0.500. The average molecular weight is 569 g/mol. The highest BCUT2D eigenvalue weighted by Crippen LogP contribution is 2.32. The van der Waals surface area contributed by atoms with Gasteiger partial charge in [-0.15, -0.1) is 11.3 Å². The van der Waals surface area contributed by atoms with Crippen LogP contribution in [-0.2, 0) is 41.4 Å². The Labute approximate surface area is 237 Å². The molecule has 1 aromatic heterocycles. The van der Waals surface area contributed by atoms with E-state index in [2.05, 4.69) is 42.5 Å². The normalized spacial score (nSPS) is 16.9. The number of hydrogen-bond donors (Lipinski definition) is 1. The van der Waals surface area contributed by atoms with Crippen LogP contribution in [0.15, 0.2) is 53.4 Å². The summed E-state index contributed by atoms with van der Waals surface area (Å²) < 4.78 is 43.6. The maximum Gasteiger partial charge on any atom is 0.261 e. The van der Waals surface area contributed by atoms with Crippen LogP contribution >= 0.6 is 11.3 Å². The predicted octanol–water partition coefficient (Wildman–Crippen LogP) is 8.06. The quantitative estimate of drug-likeness (QED) is 0.284. The first-order chi connectivity index (χ1) is 18.6. The summed E-state index contributed by atoms with van der Waals surface area (Å²) in [6.45, 7) is 9.29. The summed E-state index contributed by atoms with van der Waals surface area (Å²) in [4.78, 5) is 5.34. The lowest BCUT2D eigenvalue weighted by Gasteiger charge is -2.28. The van der Waals surface area contributed by atoms with Gasteiger partial charge in [-0.2, -0.15) is 0 Å². The molecule has 0 spiro atoms. The molecule has 0 unspecified atom stereocenters. The number of nitrogens with one attached hydrogen (secondary N) is 1. The zero-order valence-corrected chi connectivity index (χ0v) is 25.1. The van der Waals surface area contributed by atoms with Crippen LogP contribution < -0.4 is 4.72 Å². The van der Waals surface area contributed by atoms with Crippen molar-refractivity contribution in [1.82, 2.24) is 4.90 Å². The monoisotopic (exact) mass is 568 g/mol. The second kappa shape index (κ2) is 11.7. The molecule has 2 heterocycles. The number of thiophene rings is 1. The lowest BCUT2D eigenvalue weighted by atomic mass is 9.95. The van der Waals surface area contributed by atoms with Gasteiger partial charge in [0.2, 0.25) is 0 Å². The molecule has 0 amide bonds. The number of halogens is 1. The van der Waals surface area contributed by atoms with Crippen LogP contribution in [0, 0.1) is 11.7 Å². The molecule has 1 N–H and O–H groups in total. The van der Waals surface area contributed by atoms with Gasteiger partial charge < -0.3 is 0 Å². The molecule has 1 saturated carbocycles. The zero-order valence-electron chi connectivity index (χ0n) is 23.4. The summed E-state index contributed by atoms with van der Waals surface area (Å²) in [5, 5.41) is 0. The van der Waals surface area contributed by atoms with Gasteiger partial charge in [0.05, 0.1) is 10.6 Å². The van der Waals surface area contributed by atoms with Crippen LogP contribution in [0.2, 0.25) is 0 Å². The van der Waals surface area contributed by atoms with Gasteiger partial charge in [-0.3, -0.25) is 9.62 Å². The molecule has 4 nitrogen and oxygen atoms in total. The molecule has 0 atom stereocenters. The SMILES string of the molecule is CC(C)(C)c1ccc(CN2CCc3cc(S(=O)(=O)Nc4ccc(CCCC5CCCC5)cc4F)ccc3C2)s1. The standard InChI is InChI=1S/C32H41FN2O2S2/c1-32(2,3)31-16-13-27(38-31)22-35-18-17-25-20-28(14-12-26(25)21-35)39(36,37)34-30-15-11-24(19-29(30)33)10-6-9-23-7-4-5-8-23/h11-16,19-20,23,34H,4-10,17-18,21-22H2,1-3H3. The summed E-state index contributed by atoms with van der Waals surface area (Å²) in [7, 11) is -3.89. The maximum absolute atomic E-state index is 14.9. The Morgan fingerprint density at radius 1 is 1.03 bits per heavy atom. The van der Waals surface area contributed by atoms with Crippen molar-refractivity contribution in [3.63, 3.8) is 0 Å². The Bertz CT molecular complexity index is 1400. The molecule has 0 radical (unpaired) electrons. The van der Waals surface area contributed by atoms with E-state index in [4.69, 9.17) is 0 Å². The van der Waals surface area contributed by atoms with Gasteiger partial charge >= 0.3 is 0 Å². The second-order valence-electron chi connectivity index (χ2n) is 12.4. The third-order valence-electron chi connectivity index (χ3n) is 8.19. The second-order valence-corrected chi connectivity index (χ2v) is 15.2. The van der Waals surface area contributed by atoms with E-state index in [1.165, 1.54) is 47.9 Å². The molecule has 3 aromatic rings. The fourth-order valence-corrected chi connectivity index (χ4v) is 8.10. The van der Waals surface area contributed by atoms with Crippen molar-refractivity contribution in [2.24, 2.45) is 5.92 Å². The van der Waals surface area contributed by atoms with Crippen molar-refractivity contribution in [2.45, 2.75) is 95.5 Å². The Kier molecular flexibility index (Phi) is 8.51. The highest BCUT2D eigenvalue weighted by Gasteiger charge is 2.23. The van der Waals surface area contributed by atoms with Crippen LogP contribution in [0.5, 0.6) is 0 Å². The minimum atomic E-state index is -3.89. The number of nitrogens with zero attached hydrogens (tertiary/aromatic N) is 1. The van der Waals surface area contributed by atoms with Crippen LogP contribution in [-0.4, -0.2) is 19.9 Å². The van der Waals surface area contributed by atoms with Crippen LogP contribution in [0.25, 0.3) is 0 Å². The molecule has 5 rings (SSSR count). The number of fused-ring (bicyclic) bond motifs is 1. The molecule has 1 aliphatic heterocycles. The highest BCUT2D eigenvalue weighted by atomic mass is 32.2. The summed E-state index contributed by atoms with van der Waals surface area (Å²) in [5.41, 5.74) is 3.29. The van der Waals surface area contributed by atoms with Crippen molar-refractivity contribution >= 4 is 27.0 Å². The molecule has 1 aliphatic carbocycles. The van der Waals surface area contributed by atoms with Crippen molar-refractivity contribution in [1.29, 1.82) is 0 Å². The summed E-state index contributed by atoms with van der Waals surface area (Å²) >= 11 is 1.87. The number of rotatable bonds is 9. The number of benzene rings is 2. The van der Waals surface area contributed by atoms with Crippen molar-refractivity contribution in [2.75, 3.05) is 11.3 Å². The number of hydrogen-bond acceptors (Lipinski definition) is 4. The molecule has 2 aliphatic rings. The summed E-state index contributed by atoms with van der Waals surface area (Å²) in [5.74, 6) is 0.303. The smallest absolute Gasteiger partial charge is 0.261 e. The molecule has 0 bridgehead atoms. The van der Waals surface area contributed by atoms with E-state index in [-0.39, 0.29) is 16.0 Å². The van der Waals surface area contributed by atoms with Gasteiger partial charge in [-0.25, -0.2) is 12.8 Å². The molecular formula is C32H41FN2O2S2. The van der Waals surface area contributed by atoms with Gasteiger partial charge in [-0.1, -0.05) is 65.0 Å². The third kappa shape index (κ3) is 7.11. The Morgan fingerprint density at radius 3 is 2.54 bits per heavy atom. The van der Waals surface area contributed by atoms with Gasteiger partial charge in [0.1, 0.15) is 5.82 Å². The summed E-state index contributed by atoms with van der Waals surface area (Å²) in [6.07, 6.45) is 9.18. The minimum Gasteiger partial charge on any atom is -0.294 e. The van der Waals surface area contributed by atoms with Gasteiger partial charge in [0.25, 0.3) is 10.0 Å². The van der Waals surface area contributed by atoms with Gasteiger partial charge in [0.15, 0.2) is 0 Å². The van der Waals surface area contributed by atoms with Gasteiger partial charge in [0, 0.05) is 29.4 Å². The topological polar surface area (TPSA) is 49.4 Å². The highest BCUT2D eigenvalue weighted by molar-refractivity contribution is 7.92. The lowest BCUT2D eigenvalue weighted by Crippen LogP contribution is -2.30. The van der Waals surface area contributed by atoms with Crippen LogP contribution in [0.4, 0.5) is 10.1 Å². The Hall–Kier alpha value is -2.22. The van der Waals surface area contributed by atoms with E-state index < -0.39 is 15.8 Å². The van der Waals surface area contributed by atoms with Gasteiger partial charge in [-0.05, 0) is 83.7 Å². The average Bonchev–Trinajstić information content (AvgIpc) is 3.58. The number of sulfonamides is 1. The largest absolute Gasteiger partial charge is 0.294 e. The first-order valence-corrected chi connectivity index (χ1v) is 16.6. The van der Waals surface area contributed by atoms with E-state index in [0.29, 0.717) is 0 Å². The fourth-order valence-electron chi connectivity index (χ4n) is 5.87. The summed E-state index contributed by atoms with van der Waals surface area (Å²) in [6, 6.07) is 14.6. The van der Waals surface area contributed by atoms with Crippen molar-refractivity contribution in [3.8, 4) is 0 Å². The first kappa shape index (κ1) is 28.3. The molecule has 1 fully saturated rings. The number of anilines is 1. The third-order valence-corrected chi connectivity index (χ3v) is 11.0. The van der Waals surface area contributed by atoms with E-state index in [0.717, 1.165) is 61.5 Å². The van der Waals surface area contributed by atoms with Crippen molar-refractivity contribution in [3.05, 3.63) is 80.8 Å². The Morgan fingerprint density at radius 2 is 1.82 bits per heavy atom. The van der Waals surface area contributed by atoms with E-state index >= 15 is 0 Å². The predicted molar refractivity (Wildman–Crippen MR) is 159 cm³/mol. The Balaban J connectivity index is 1.19. The number of aryl methyl sites for hydroxylation is 1. The van der Waals surface area contributed by atoms with Crippen molar-refractivity contribution < 1.29 is 12.8 Å². The molecule has 210 valence electrons. The van der Waals surface area contributed by atoms with E-state index in [9.17, 15) is 12.8 Å². The zero-order chi connectivity index (χ0) is 27.6. The first-order valence-electron chi connectivity index (χ1n) is 14.3. The van der Waals surface area contributed by atoms with Crippen LogP contribution in [0.3, 0.4) is 0 Å². The lowest BCUT2D eigenvalue weighted by molar-refractivity contribution is 0.247. The van der Waals surface area contributed by atoms with E-state index in [1.54, 1.807) is 18.2 Å². The molecular weight excluding hydrogens is 527 g/mol.